The maximum atomic E-state index is 10.0. The summed E-state index contributed by atoms with van der Waals surface area (Å²) in [7, 11) is 0. The minimum absolute atomic E-state index is 0.506. The van der Waals surface area contributed by atoms with Crippen molar-refractivity contribution >= 4 is 28.9 Å². The van der Waals surface area contributed by atoms with Gasteiger partial charge in [0.25, 0.3) is 0 Å². The SMILES string of the molecule is OC(CN1CCNC1=S)c1cccc(Cl)c1. The molecule has 1 unspecified atom stereocenters. The van der Waals surface area contributed by atoms with Crippen LogP contribution in [0.25, 0.3) is 0 Å². The summed E-state index contributed by atoms with van der Waals surface area (Å²) in [5, 5.41) is 14.4. The molecule has 0 amide bonds. The number of hydrogen-bond acceptors (Lipinski definition) is 2. The van der Waals surface area contributed by atoms with Crippen LogP contribution in [0.4, 0.5) is 0 Å². The molecule has 2 rings (SSSR count). The van der Waals surface area contributed by atoms with Crippen LogP contribution < -0.4 is 5.32 Å². The van der Waals surface area contributed by atoms with Crippen molar-refractivity contribution in [1.82, 2.24) is 10.2 Å². The van der Waals surface area contributed by atoms with Crippen LogP contribution in [-0.4, -0.2) is 34.8 Å². The van der Waals surface area contributed by atoms with Crippen molar-refractivity contribution in [3.63, 3.8) is 0 Å². The highest BCUT2D eigenvalue weighted by molar-refractivity contribution is 7.80. The van der Waals surface area contributed by atoms with E-state index in [4.69, 9.17) is 23.8 Å². The molecule has 1 heterocycles. The van der Waals surface area contributed by atoms with Crippen molar-refractivity contribution in [3.05, 3.63) is 34.9 Å². The van der Waals surface area contributed by atoms with Gasteiger partial charge in [-0.05, 0) is 29.9 Å². The average molecular weight is 257 g/mol. The van der Waals surface area contributed by atoms with Crippen LogP contribution in [0, 0.1) is 0 Å². The van der Waals surface area contributed by atoms with Crippen molar-refractivity contribution in [2.24, 2.45) is 0 Å². The van der Waals surface area contributed by atoms with E-state index in [1.807, 2.05) is 17.0 Å². The monoisotopic (exact) mass is 256 g/mol. The number of nitrogens with zero attached hydrogens (tertiary/aromatic N) is 1. The number of hydrogen-bond donors (Lipinski definition) is 2. The lowest BCUT2D eigenvalue weighted by Gasteiger charge is -2.20. The molecule has 1 aromatic carbocycles. The van der Waals surface area contributed by atoms with Gasteiger partial charge in [0.05, 0.1) is 12.6 Å². The number of aliphatic hydroxyl groups is 1. The van der Waals surface area contributed by atoms with Crippen LogP contribution in [0.2, 0.25) is 5.02 Å². The fraction of sp³-hybridized carbons (Fsp3) is 0.364. The molecule has 0 aromatic heterocycles. The molecule has 0 spiro atoms. The highest BCUT2D eigenvalue weighted by Gasteiger charge is 2.19. The molecular formula is C11H13ClN2OS. The topological polar surface area (TPSA) is 35.5 Å². The third-order valence-electron chi connectivity index (χ3n) is 2.57. The number of thiocarbonyl (C=S) groups is 1. The van der Waals surface area contributed by atoms with Crippen LogP contribution in [0.3, 0.4) is 0 Å². The lowest BCUT2D eigenvalue weighted by atomic mass is 10.1. The van der Waals surface area contributed by atoms with Gasteiger partial charge in [-0.3, -0.25) is 0 Å². The molecule has 0 saturated carbocycles. The maximum Gasteiger partial charge on any atom is 0.169 e. The molecule has 1 atom stereocenters. The van der Waals surface area contributed by atoms with E-state index in [0.29, 0.717) is 16.7 Å². The summed E-state index contributed by atoms with van der Waals surface area (Å²) >= 11 is 11.0. The predicted octanol–water partition coefficient (Wildman–Crippen LogP) is 1.56. The summed E-state index contributed by atoms with van der Waals surface area (Å²) in [6.45, 7) is 2.20. The maximum absolute atomic E-state index is 10.0. The first-order chi connectivity index (χ1) is 7.66. The van der Waals surface area contributed by atoms with Crippen LogP contribution in [-0.2, 0) is 0 Å². The average Bonchev–Trinajstić information content (AvgIpc) is 2.64. The number of halogens is 1. The predicted molar refractivity (Wildman–Crippen MR) is 68.6 cm³/mol. The fourth-order valence-electron chi connectivity index (χ4n) is 1.71. The van der Waals surface area contributed by atoms with Gasteiger partial charge in [-0.2, -0.15) is 0 Å². The molecule has 2 N–H and O–H groups in total. The molecule has 0 bridgehead atoms. The molecular weight excluding hydrogens is 244 g/mol. The van der Waals surface area contributed by atoms with Crippen LogP contribution >= 0.6 is 23.8 Å². The molecule has 0 radical (unpaired) electrons. The second-order valence-electron chi connectivity index (χ2n) is 3.75. The van der Waals surface area contributed by atoms with Gasteiger partial charge in [0.2, 0.25) is 0 Å². The fourth-order valence-corrected chi connectivity index (χ4v) is 2.18. The van der Waals surface area contributed by atoms with Gasteiger partial charge < -0.3 is 15.3 Å². The third-order valence-corrected chi connectivity index (χ3v) is 3.21. The number of benzene rings is 1. The standard InChI is InChI=1S/C11H13ClN2OS/c12-9-3-1-2-8(6-9)10(15)7-14-5-4-13-11(14)16/h1-3,6,10,15H,4-5,7H2,(H,13,16). The summed E-state index contributed by atoms with van der Waals surface area (Å²) < 4.78 is 0. The van der Waals surface area contributed by atoms with E-state index in [1.165, 1.54) is 0 Å². The van der Waals surface area contributed by atoms with Crippen LogP contribution in [0.5, 0.6) is 0 Å². The number of nitrogens with one attached hydrogen (secondary N) is 1. The Kier molecular flexibility index (Phi) is 3.63. The molecule has 1 fully saturated rings. The van der Waals surface area contributed by atoms with E-state index in [9.17, 15) is 5.11 Å². The van der Waals surface area contributed by atoms with Crippen LogP contribution in [0.1, 0.15) is 11.7 Å². The second kappa shape index (κ2) is 4.99. The van der Waals surface area contributed by atoms with E-state index >= 15 is 0 Å². The Morgan fingerprint density at radius 3 is 3.00 bits per heavy atom. The third kappa shape index (κ3) is 2.64. The Morgan fingerprint density at radius 2 is 2.38 bits per heavy atom. The number of aliphatic hydroxyl groups excluding tert-OH is 1. The molecule has 1 aromatic rings. The quantitative estimate of drug-likeness (QED) is 0.805. The number of β-amino-alcohol motifs (C(OH)–C–C–N with tert-alkyl or cyclic N) is 1. The van der Waals surface area contributed by atoms with Gasteiger partial charge in [0.15, 0.2) is 5.11 Å². The molecule has 86 valence electrons. The number of rotatable bonds is 3. The molecule has 16 heavy (non-hydrogen) atoms. The summed E-state index contributed by atoms with van der Waals surface area (Å²) in [5.74, 6) is 0. The van der Waals surface area contributed by atoms with Crippen molar-refractivity contribution in [1.29, 1.82) is 0 Å². The van der Waals surface area contributed by atoms with E-state index in [-0.39, 0.29) is 0 Å². The Balaban J connectivity index is 2.02. The summed E-state index contributed by atoms with van der Waals surface area (Å²) in [4.78, 5) is 1.96. The molecule has 1 aliphatic rings. The van der Waals surface area contributed by atoms with Gasteiger partial charge in [-0.15, -0.1) is 0 Å². The first kappa shape index (κ1) is 11.6. The zero-order chi connectivity index (χ0) is 11.5. The second-order valence-corrected chi connectivity index (χ2v) is 4.57. The highest BCUT2D eigenvalue weighted by atomic mass is 35.5. The molecule has 0 aliphatic carbocycles. The van der Waals surface area contributed by atoms with Crippen LogP contribution in [0.15, 0.2) is 24.3 Å². The lowest BCUT2D eigenvalue weighted by Crippen LogP contribution is -2.31. The first-order valence-electron chi connectivity index (χ1n) is 5.13. The summed E-state index contributed by atoms with van der Waals surface area (Å²) in [6.07, 6.45) is -0.559. The zero-order valence-corrected chi connectivity index (χ0v) is 10.3. The van der Waals surface area contributed by atoms with Gasteiger partial charge in [-0.25, -0.2) is 0 Å². The van der Waals surface area contributed by atoms with Crippen molar-refractivity contribution in [2.75, 3.05) is 19.6 Å². The smallest absolute Gasteiger partial charge is 0.169 e. The Bertz CT molecular complexity index is 399. The largest absolute Gasteiger partial charge is 0.387 e. The van der Waals surface area contributed by atoms with Crippen molar-refractivity contribution in [2.45, 2.75) is 6.10 Å². The first-order valence-corrected chi connectivity index (χ1v) is 5.92. The van der Waals surface area contributed by atoms with E-state index < -0.39 is 6.10 Å². The van der Waals surface area contributed by atoms with E-state index in [0.717, 1.165) is 18.7 Å². The van der Waals surface area contributed by atoms with E-state index in [1.54, 1.807) is 12.1 Å². The van der Waals surface area contributed by atoms with Crippen molar-refractivity contribution < 1.29 is 5.11 Å². The minimum atomic E-state index is -0.559. The highest BCUT2D eigenvalue weighted by Crippen LogP contribution is 2.19. The normalized spacial score (nSPS) is 17.4. The molecule has 5 heteroatoms. The van der Waals surface area contributed by atoms with Gasteiger partial charge >= 0.3 is 0 Å². The van der Waals surface area contributed by atoms with Gasteiger partial charge in [-0.1, -0.05) is 23.7 Å². The Hall–Kier alpha value is -0.840. The summed E-state index contributed by atoms with van der Waals surface area (Å²) in [6, 6.07) is 7.27. The Morgan fingerprint density at radius 1 is 1.56 bits per heavy atom. The minimum Gasteiger partial charge on any atom is -0.387 e. The van der Waals surface area contributed by atoms with Gasteiger partial charge in [0, 0.05) is 18.1 Å². The van der Waals surface area contributed by atoms with Crippen molar-refractivity contribution in [3.8, 4) is 0 Å². The molecule has 1 saturated heterocycles. The van der Waals surface area contributed by atoms with Gasteiger partial charge in [0.1, 0.15) is 0 Å². The molecule has 3 nitrogen and oxygen atoms in total. The zero-order valence-electron chi connectivity index (χ0n) is 8.69. The summed E-state index contributed by atoms with van der Waals surface area (Å²) in [5.41, 5.74) is 0.821. The van der Waals surface area contributed by atoms with E-state index in [2.05, 4.69) is 5.32 Å². The molecule has 1 aliphatic heterocycles. The Labute approximate surface area is 105 Å². The lowest BCUT2D eigenvalue weighted by molar-refractivity contribution is 0.149.